The summed E-state index contributed by atoms with van der Waals surface area (Å²) in [6.45, 7) is 1.62. The number of nitrogens with one attached hydrogen (secondary N) is 2. The SMILES string of the molecule is COCC[NH+](Cc1nnc(-c2cccs2)o1)[C@H](C(=O)NC1CC1)c1ccccc1. The number of hydrogen-bond acceptors (Lipinski definition) is 6. The zero-order chi connectivity index (χ0) is 20.1. The third-order valence-electron chi connectivity index (χ3n) is 4.93. The summed E-state index contributed by atoms with van der Waals surface area (Å²) in [6, 6.07) is 13.7. The molecule has 1 amide bonds. The van der Waals surface area contributed by atoms with Crippen molar-refractivity contribution in [1.82, 2.24) is 15.5 Å². The third kappa shape index (κ3) is 5.09. The van der Waals surface area contributed by atoms with E-state index >= 15 is 0 Å². The minimum atomic E-state index is -0.371. The smallest absolute Gasteiger partial charge is 0.283 e. The molecule has 3 aromatic rings. The van der Waals surface area contributed by atoms with Crippen LogP contribution in [0.25, 0.3) is 10.8 Å². The number of methoxy groups -OCH3 is 1. The predicted molar refractivity (Wildman–Crippen MR) is 109 cm³/mol. The molecule has 1 fully saturated rings. The number of quaternary nitrogens is 1. The van der Waals surface area contributed by atoms with Crippen LogP contribution in [-0.2, 0) is 16.1 Å². The summed E-state index contributed by atoms with van der Waals surface area (Å²) in [5, 5.41) is 13.5. The van der Waals surface area contributed by atoms with Crippen molar-refractivity contribution in [3.8, 4) is 10.8 Å². The molecular weight excluding hydrogens is 388 g/mol. The summed E-state index contributed by atoms with van der Waals surface area (Å²) in [4.78, 5) is 15.1. The van der Waals surface area contributed by atoms with Gasteiger partial charge in [0.2, 0.25) is 0 Å². The maximum atomic E-state index is 13.1. The number of hydrogen-bond donors (Lipinski definition) is 2. The number of benzene rings is 1. The summed E-state index contributed by atoms with van der Waals surface area (Å²) in [6.07, 6.45) is 2.10. The fourth-order valence-electron chi connectivity index (χ4n) is 3.32. The van der Waals surface area contributed by atoms with E-state index in [4.69, 9.17) is 9.15 Å². The minimum absolute atomic E-state index is 0.0304. The molecule has 0 bridgehead atoms. The Morgan fingerprint density at radius 1 is 1.28 bits per heavy atom. The van der Waals surface area contributed by atoms with Crippen molar-refractivity contribution in [3.05, 3.63) is 59.3 Å². The predicted octanol–water partition coefficient (Wildman–Crippen LogP) is 1.85. The summed E-state index contributed by atoms with van der Waals surface area (Å²) >= 11 is 1.56. The van der Waals surface area contributed by atoms with E-state index in [2.05, 4.69) is 15.5 Å². The van der Waals surface area contributed by atoms with Gasteiger partial charge in [-0.1, -0.05) is 36.4 Å². The van der Waals surface area contributed by atoms with E-state index < -0.39 is 0 Å². The molecule has 0 spiro atoms. The maximum absolute atomic E-state index is 13.1. The summed E-state index contributed by atoms with van der Waals surface area (Å²) in [7, 11) is 1.67. The van der Waals surface area contributed by atoms with Gasteiger partial charge in [0.15, 0.2) is 12.6 Å². The highest BCUT2D eigenvalue weighted by atomic mass is 32.1. The lowest BCUT2D eigenvalue weighted by Gasteiger charge is -2.27. The molecule has 7 nitrogen and oxygen atoms in total. The summed E-state index contributed by atoms with van der Waals surface area (Å²) in [5.41, 5.74) is 0.967. The van der Waals surface area contributed by atoms with Gasteiger partial charge in [0.05, 0.1) is 11.5 Å². The van der Waals surface area contributed by atoms with Crippen molar-refractivity contribution in [2.75, 3.05) is 20.3 Å². The molecule has 2 aromatic heterocycles. The van der Waals surface area contributed by atoms with Gasteiger partial charge >= 0.3 is 0 Å². The van der Waals surface area contributed by atoms with Gasteiger partial charge in [0, 0.05) is 18.7 Å². The molecule has 152 valence electrons. The molecule has 1 saturated carbocycles. The van der Waals surface area contributed by atoms with Crippen molar-refractivity contribution < 1.29 is 18.8 Å². The molecule has 8 heteroatoms. The highest BCUT2D eigenvalue weighted by Crippen LogP contribution is 2.23. The fraction of sp³-hybridized carbons (Fsp3) is 0.381. The Morgan fingerprint density at radius 3 is 2.79 bits per heavy atom. The average Bonchev–Trinajstić information content (AvgIpc) is 3.20. The molecule has 29 heavy (non-hydrogen) atoms. The van der Waals surface area contributed by atoms with E-state index in [1.54, 1.807) is 18.4 Å². The van der Waals surface area contributed by atoms with E-state index in [9.17, 15) is 4.79 Å². The van der Waals surface area contributed by atoms with Crippen LogP contribution < -0.4 is 10.2 Å². The maximum Gasteiger partial charge on any atom is 0.283 e. The van der Waals surface area contributed by atoms with Gasteiger partial charge in [-0.2, -0.15) is 0 Å². The molecule has 1 unspecified atom stereocenters. The normalized spacial score (nSPS) is 15.8. The van der Waals surface area contributed by atoms with Crippen molar-refractivity contribution >= 4 is 17.2 Å². The number of rotatable bonds is 10. The highest BCUT2D eigenvalue weighted by molar-refractivity contribution is 7.13. The minimum Gasteiger partial charge on any atom is -0.414 e. The fourth-order valence-corrected chi connectivity index (χ4v) is 3.96. The highest BCUT2D eigenvalue weighted by Gasteiger charge is 2.36. The Morgan fingerprint density at radius 2 is 2.10 bits per heavy atom. The van der Waals surface area contributed by atoms with Crippen LogP contribution in [0.3, 0.4) is 0 Å². The number of carbonyl (C=O) groups excluding carboxylic acids is 1. The van der Waals surface area contributed by atoms with E-state index in [-0.39, 0.29) is 11.9 Å². The first kappa shape index (κ1) is 19.8. The Kier molecular flexibility index (Phi) is 6.33. The van der Waals surface area contributed by atoms with E-state index in [1.807, 2.05) is 47.8 Å². The molecule has 0 aliphatic heterocycles. The molecule has 2 heterocycles. The molecular formula is C21H25N4O3S+. The lowest BCUT2D eigenvalue weighted by Crippen LogP contribution is -3.12. The van der Waals surface area contributed by atoms with Crippen LogP contribution in [-0.4, -0.2) is 42.4 Å². The van der Waals surface area contributed by atoms with Crippen molar-refractivity contribution in [2.24, 2.45) is 0 Å². The van der Waals surface area contributed by atoms with Gasteiger partial charge in [0.1, 0.15) is 6.54 Å². The topological polar surface area (TPSA) is 81.7 Å². The van der Waals surface area contributed by atoms with Gasteiger partial charge in [-0.25, -0.2) is 0 Å². The second-order valence-corrected chi connectivity index (χ2v) is 8.13. The third-order valence-corrected chi connectivity index (χ3v) is 5.79. The summed E-state index contributed by atoms with van der Waals surface area (Å²) < 4.78 is 11.2. The van der Waals surface area contributed by atoms with E-state index in [0.29, 0.717) is 37.5 Å². The quantitative estimate of drug-likeness (QED) is 0.530. The number of carbonyl (C=O) groups is 1. The number of nitrogens with zero attached hydrogens (tertiary/aromatic N) is 2. The number of aromatic nitrogens is 2. The van der Waals surface area contributed by atoms with Gasteiger partial charge < -0.3 is 19.4 Å². The van der Waals surface area contributed by atoms with Crippen LogP contribution in [0.15, 0.2) is 52.3 Å². The monoisotopic (exact) mass is 413 g/mol. The number of amides is 1. The largest absolute Gasteiger partial charge is 0.414 e. The van der Waals surface area contributed by atoms with Crippen LogP contribution in [0, 0.1) is 0 Å². The zero-order valence-corrected chi connectivity index (χ0v) is 17.2. The molecule has 1 aromatic carbocycles. The van der Waals surface area contributed by atoms with Crippen molar-refractivity contribution in [2.45, 2.75) is 31.5 Å². The second-order valence-electron chi connectivity index (χ2n) is 7.18. The molecule has 2 atom stereocenters. The molecule has 1 aliphatic rings. The molecule has 0 radical (unpaired) electrons. The lowest BCUT2D eigenvalue weighted by molar-refractivity contribution is -0.937. The average molecular weight is 414 g/mol. The first-order valence-corrected chi connectivity index (χ1v) is 10.7. The molecule has 0 saturated heterocycles. The van der Waals surface area contributed by atoms with Crippen LogP contribution in [0.1, 0.15) is 30.3 Å². The number of ether oxygens (including phenoxy) is 1. The number of thiophene rings is 1. The van der Waals surface area contributed by atoms with Gasteiger partial charge in [-0.15, -0.1) is 21.5 Å². The van der Waals surface area contributed by atoms with E-state index in [0.717, 1.165) is 28.2 Å². The van der Waals surface area contributed by atoms with Crippen LogP contribution in [0.4, 0.5) is 0 Å². The van der Waals surface area contributed by atoms with Gasteiger partial charge in [-0.05, 0) is 24.3 Å². The van der Waals surface area contributed by atoms with Gasteiger partial charge in [-0.3, -0.25) is 4.79 Å². The molecule has 2 N–H and O–H groups in total. The Bertz CT molecular complexity index is 909. The van der Waals surface area contributed by atoms with Crippen LogP contribution in [0.2, 0.25) is 0 Å². The Hall–Kier alpha value is -2.55. The molecule has 1 aliphatic carbocycles. The first-order chi connectivity index (χ1) is 14.2. The van der Waals surface area contributed by atoms with Crippen molar-refractivity contribution in [3.63, 3.8) is 0 Å². The van der Waals surface area contributed by atoms with Crippen LogP contribution >= 0.6 is 11.3 Å². The Labute approximate surface area is 173 Å². The standard InChI is InChI=1S/C21H24N4O3S/c1-27-12-11-25(14-18-23-24-21(28-18)17-8-5-13-29-17)19(15-6-3-2-4-7-15)20(26)22-16-9-10-16/h2-8,13,16,19H,9-12,14H2,1H3,(H,22,26)/p+1/t19-/m0/s1. The van der Waals surface area contributed by atoms with Crippen LogP contribution in [0.5, 0.6) is 0 Å². The Balaban J connectivity index is 1.58. The van der Waals surface area contributed by atoms with E-state index in [1.165, 1.54) is 0 Å². The zero-order valence-electron chi connectivity index (χ0n) is 16.3. The van der Waals surface area contributed by atoms with Gasteiger partial charge in [0.25, 0.3) is 17.7 Å². The molecule has 4 rings (SSSR count). The van der Waals surface area contributed by atoms with Crippen molar-refractivity contribution in [1.29, 1.82) is 0 Å². The summed E-state index contributed by atoms with van der Waals surface area (Å²) in [5.74, 6) is 1.06. The lowest BCUT2D eigenvalue weighted by atomic mass is 10.0. The first-order valence-electron chi connectivity index (χ1n) is 9.79. The second kappa shape index (κ2) is 9.30.